The van der Waals surface area contributed by atoms with Gasteiger partial charge < -0.3 is 14.5 Å². The van der Waals surface area contributed by atoms with E-state index in [4.69, 9.17) is 4.74 Å². The first kappa shape index (κ1) is 22.5. The quantitative estimate of drug-likeness (QED) is 0.564. The van der Waals surface area contributed by atoms with Crippen molar-refractivity contribution in [3.8, 4) is 0 Å². The van der Waals surface area contributed by atoms with E-state index >= 15 is 0 Å². The molecule has 0 aliphatic carbocycles. The van der Waals surface area contributed by atoms with Crippen molar-refractivity contribution < 1.29 is 14.3 Å². The smallest absolute Gasteiger partial charge is 0.242 e. The van der Waals surface area contributed by atoms with Crippen LogP contribution in [0.5, 0.6) is 0 Å². The number of carbonyl (C=O) groups excluding carboxylic acids is 2. The molecule has 1 atom stereocenters. The van der Waals surface area contributed by atoms with Gasteiger partial charge in [-0.15, -0.1) is 11.3 Å². The van der Waals surface area contributed by atoms with Gasteiger partial charge in [0.25, 0.3) is 0 Å². The molecule has 5 nitrogen and oxygen atoms in total. The van der Waals surface area contributed by atoms with Gasteiger partial charge >= 0.3 is 0 Å². The summed E-state index contributed by atoms with van der Waals surface area (Å²) in [6.45, 7) is 6.51. The van der Waals surface area contributed by atoms with Gasteiger partial charge in [-0.05, 0) is 43.9 Å². The highest BCUT2D eigenvalue weighted by molar-refractivity contribution is 7.11. The van der Waals surface area contributed by atoms with Crippen molar-refractivity contribution in [3.63, 3.8) is 0 Å². The molecule has 162 valence electrons. The zero-order valence-electron chi connectivity index (χ0n) is 18.0. The van der Waals surface area contributed by atoms with E-state index in [1.165, 1.54) is 4.88 Å². The first-order chi connectivity index (χ1) is 14.5. The lowest BCUT2D eigenvalue weighted by atomic mass is 10.2. The van der Waals surface area contributed by atoms with E-state index in [9.17, 15) is 9.59 Å². The number of amides is 2. The third kappa shape index (κ3) is 6.67. The van der Waals surface area contributed by atoms with Crippen LogP contribution < -0.4 is 0 Å². The highest BCUT2D eigenvalue weighted by Gasteiger charge is 2.26. The van der Waals surface area contributed by atoms with Gasteiger partial charge in [-0.2, -0.15) is 0 Å². The van der Waals surface area contributed by atoms with Crippen molar-refractivity contribution >= 4 is 23.2 Å². The Labute approximate surface area is 183 Å². The fourth-order valence-electron chi connectivity index (χ4n) is 3.72. The topological polar surface area (TPSA) is 49.9 Å². The van der Waals surface area contributed by atoms with Crippen LogP contribution in [0.25, 0.3) is 0 Å². The zero-order chi connectivity index (χ0) is 21.3. The molecule has 1 aromatic heterocycles. The minimum absolute atomic E-state index is 0.0210. The number of carbonyl (C=O) groups is 2. The van der Waals surface area contributed by atoms with E-state index in [1.54, 1.807) is 16.2 Å². The number of rotatable bonds is 10. The molecule has 0 radical (unpaired) electrons. The number of nitrogens with zero attached hydrogens (tertiary/aromatic N) is 2. The van der Waals surface area contributed by atoms with Crippen LogP contribution in [0, 0.1) is 6.92 Å². The van der Waals surface area contributed by atoms with Crippen molar-refractivity contribution in [2.45, 2.75) is 58.7 Å². The predicted molar refractivity (Wildman–Crippen MR) is 120 cm³/mol. The molecule has 2 aromatic rings. The van der Waals surface area contributed by atoms with Crippen LogP contribution in [0.4, 0.5) is 0 Å². The summed E-state index contributed by atoms with van der Waals surface area (Å²) in [4.78, 5) is 32.0. The third-order valence-electron chi connectivity index (χ3n) is 5.30. The summed E-state index contributed by atoms with van der Waals surface area (Å²) in [6.07, 6.45) is 3.25. The summed E-state index contributed by atoms with van der Waals surface area (Å²) >= 11 is 1.71. The van der Waals surface area contributed by atoms with E-state index in [-0.39, 0.29) is 24.5 Å². The van der Waals surface area contributed by atoms with Crippen molar-refractivity contribution in [3.05, 3.63) is 57.8 Å². The second-order valence-electron chi connectivity index (χ2n) is 7.91. The minimum Gasteiger partial charge on any atom is -0.376 e. The molecule has 0 N–H and O–H groups in total. The lowest BCUT2D eigenvalue weighted by Crippen LogP contribution is -2.45. The SMILES string of the molecule is CCCC(=O)N(CC(=O)N(Cc1ccccc1)Cc1ccc(C)s1)CC1CCCO1. The Morgan fingerprint density at radius 3 is 2.50 bits per heavy atom. The van der Waals surface area contributed by atoms with Gasteiger partial charge in [-0.1, -0.05) is 37.3 Å². The Morgan fingerprint density at radius 2 is 1.87 bits per heavy atom. The lowest BCUT2D eigenvalue weighted by molar-refractivity contribution is -0.142. The van der Waals surface area contributed by atoms with Crippen LogP contribution in [-0.4, -0.2) is 47.4 Å². The molecule has 1 unspecified atom stereocenters. The highest BCUT2D eigenvalue weighted by atomic mass is 32.1. The van der Waals surface area contributed by atoms with E-state index < -0.39 is 0 Å². The van der Waals surface area contributed by atoms with E-state index in [0.717, 1.165) is 36.3 Å². The second-order valence-corrected chi connectivity index (χ2v) is 9.28. The van der Waals surface area contributed by atoms with Gasteiger partial charge in [-0.3, -0.25) is 9.59 Å². The number of ether oxygens (including phenoxy) is 1. The molecule has 1 aliphatic heterocycles. The van der Waals surface area contributed by atoms with Crippen LogP contribution in [0.15, 0.2) is 42.5 Å². The summed E-state index contributed by atoms with van der Waals surface area (Å²) in [7, 11) is 0. The predicted octanol–water partition coefficient (Wildman–Crippen LogP) is 4.39. The summed E-state index contributed by atoms with van der Waals surface area (Å²) in [5, 5.41) is 0. The molecule has 0 bridgehead atoms. The van der Waals surface area contributed by atoms with Crippen LogP contribution >= 0.6 is 11.3 Å². The summed E-state index contributed by atoms with van der Waals surface area (Å²) in [5.74, 6) is 0.0142. The maximum absolute atomic E-state index is 13.3. The van der Waals surface area contributed by atoms with Crippen LogP contribution in [0.1, 0.15) is 47.9 Å². The standard InChI is InChI=1S/C24H32N2O3S/c1-3-8-23(27)26(16-21-11-7-14-29-21)18-24(28)25(15-20-9-5-4-6-10-20)17-22-13-12-19(2)30-22/h4-6,9-10,12-13,21H,3,7-8,11,14-18H2,1-2H3. The van der Waals surface area contributed by atoms with Crippen molar-refractivity contribution in [1.29, 1.82) is 0 Å². The van der Waals surface area contributed by atoms with Crippen molar-refractivity contribution in [2.24, 2.45) is 0 Å². The fraction of sp³-hybridized carbons (Fsp3) is 0.500. The highest BCUT2D eigenvalue weighted by Crippen LogP contribution is 2.20. The van der Waals surface area contributed by atoms with Gasteiger partial charge in [0.2, 0.25) is 11.8 Å². The maximum Gasteiger partial charge on any atom is 0.242 e. The fourth-order valence-corrected chi connectivity index (χ4v) is 4.62. The molecule has 1 fully saturated rings. The number of hydrogen-bond donors (Lipinski definition) is 0. The molecule has 2 heterocycles. The minimum atomic E-state index is -0.0210. The molecule has 1 saturated heterocycles. The van der Waals surface area contributed by atoms with Gasteiger partial charge in [0.05, 0.1) is 19.2 Å². The average Bonchev–Trinajstić information content (AvgIpc) is 3.39. The molecule has 1 aromatic carbocycles. The molecule has 3 rings (SSSR count). The van der Waals surface area contributed by atoms with Gasteiger partial charge in [0, 0.05) is 35.9 Å². The van der Waals surface area contributed by atoms with Crippen molar-refractivity contribution in [2.75, 3.05) is 19.7 Å². The molecule has 1 aliphatic rings. The number of thiophene rings is 1. The summed E-state index contributed by atoms with van der Waals surface area (Å²) in [5.41, 5.74) is 1.09. The molecular weight excluding hydrogens is 396 g/mol. The first-order valence-electron chi connectivity index (χ1n) is 10.8. The number of hydrogen-bond acceptors (Lipinski definition) is 4. The Morgan fingerprint density at radius 1 is 1.07 bits per heavy atom. The van der Waals surface area contributed by atoms with Crippen LogP contribution in [-0.2, 0) is 27.4 Å². The number of aryl methyl sites for hydroxylation is 1. The van der Waals surface area contributed by atoms with Crippen LogP contribution in [0.2, 0.25) is 0 Å². The van der Waals surface area contributed by atoms with Crippen LogP contribution in [0.3, 0.4) is 0 Å². The molecule has 6 heteroatoms. The Bertz CT molecular complexity index is 815. The Hall–Kier alpha value is -2.18. The molecular formula is C24H32N2O3S. The lowest BCUT2D eigenvalue weighted by Gasteiger charge is -2.29. The molecule has 0 spiro atoms. The summed E-state index contributed by atoms with van der Waals surface area (Å²) < 4.78 is 5.73. The second kappa shape index (κ2) is 11.3. The zero-order valence-corrected chi connectivity index (χ0v) is 18.8. The van der Waals surface area contributed by atoms with E-state index in [1.807, 2.05) is 42.2 Å². The largest absolute Gasteiger partial charge is 0.376 e. The van der Waals surface area contributed by atoms with Gasteiger partial charge in [-0.25, -0.2) is 0 Å². The monoisotopic (exact) mass is 428 g/mol. The average molecular weight is 429 g/mol. The van der Waals surface area contributed by atoms with E-state index in [2.05, 4.69) is 19.1 Å². The van der Waals surface area contributed by atoms with Gasteiger partial charge in [0.15, 0.2) is 0 Å². The van der Waals surface area contributed by atoms with E-state index in [0.29, 0.717) is 26.1 Å². The number of benzene rings is 1. The Balaban J connectivity index is 1.73. The molecule has 2 amide bonds. The summed E-state index contributed by atoms with van der Waals surface area (Å²) in [6, 6.07) is 14.2. The third-order valence-corrected chi connectivity index (χ3v) is 6.29. The Kier molecular flexibility index (Phi) is 8.46. The van der Waals surface area contributed by atoms with Gasteiger partial charge in [0.1, 0.15) is 0 Å². The van der Waals surface area contributed by atoms with Crippen molar-refractivity contribution in [1.82, 2.24) is 9.80 Å². The molecule has 0 saturated carbocycles. The normalized spacial score (nSPS) is 15.9. The first-order valence-corrected chi connectivity index (χ1v) is 11.6. The maximum atomic E-state index is 13.3. The molecule has 30 heavy (non-hydrogen) atoms.